The van der Waals surface area contributed by atoms with Gasteiger partial charge in [0, 0.05) is 6.54 Å². The first-order chi connectivity index (χ1) is 7.03. The first kappa shape index (κ1) is 12.8. The molecule has 15 heavy (non-hydrogen) atoms. The van der Waals surface area contributed by atoms with E-state index in [1.807, 2.05) is 0 Å². The van der Waals surface area contributed by atoms with Crippen molar-refractivity contribution in [2.24, 2.45) is 17.1 Å². The van der Waals surface area contributed by atoms with Gasteiger partial charge in [0.05, 0.1) is 10.4 Å². The van der Waals surface area contributed by atoms with Crippen molar-refractivity contribution in [1.29, 1.82) is 0 Å². The molecule has 0 aromatic carbocycles. The largest absolute Gasteiger partial charge is 0.392 e. The van der Waals surface area contributed by atoms with E-state index in [1.165, 1.54) is 0 Å². The van der Waals surface area contributed by atoms with Gasteiger partial charge in [-0.25, -0.2) is 0 Å². The smallest absolute Gasteiger partial charge is 0.233 e. The van der Waals surface area contributed by atoms with Crippen LogP contribution in [0.1, 0.15) is 19.8 Å². The Morgan fingerprint density at radius 2 is 2.27 bits per heavy atom. The molecule has 3 N–H and O–H groups in total. The van der Waals surface area contributed by atoms with Gasteiger partial charge in [-0.3, -0.25) is 4.79 Å². The van der Waals surface area contributed by atoms with Crippen LogP contribution in [0.5, 0.6) is 0 Å². The van der Waals surface area contributed by atoms with E-state index in [4.69, 9.17) is 18.0 Å². The summed E-state index contributed by atoms with van der Waals surface area (Å²) in [7, 11) is 0. The molecule has 0 aliphatic heterocycles. The molecule has 1 fully saturated rings. The van der Waals surface area contributed by atoms with Crippen molar-refractivity contribution < 1.29 is 4.79 Å². The fourth-order valence-corrected chi connectivity index (χ4v) is 2.47. The van der Waals surface area contributed by atoms with Crippen LogP contribution in [0.4, 0.5) is 0 Å². The maximum Gasteiger partial charge on any atom is 0.233 e. The van der Waals surface area contributed by atoms with Crippen molar-refractivity contribution in [3.63, 3.8) is 0 Å². The monoisotopic (exact) mass is 246 g/mol. The predicted molar refractivity (Wildman–Crippen MR) is 69.0 cm³/mol. The van der Waals surface area contributed by atoms with Gasteiger partial charge in [0.25, 0.3) is 0 Å². The summed E-state index contributed by atoms with van der Waals surface area (Å²) in [5, 5.41) is 2.93. The second-order valence-corrected chi connectivity index (χ2v) is 5.57. The minimum Gasteiger partial charge on any atom is -0.392 e. The highest BCUT2D eigenvalue weighted by Gasteiger charge is 2.52. The Bertz CT molecular complexity index is 264. The van der Waals surface area contributed by atoms with Crippen molar-refractivity contribution in [3.05, 3.63) is 0 Å². The molecule has 0 heterocycles. The highest BCUT2D eigenvalue weighted by atomic mass is 32.2. The summed E-state index contributed by atoms with van der Waals surface area (Å²) in [5.74, 6) is 1.56. The third-order valence-corrected chi connectivity index (χ3v) is 4.01. The number of thiocarbonyl (C=S) groups is 1. The van der Waals surface area contributed by atoms with Gasteiger partial charge in [0.2, 0.25) is 5.91 Å². The van der Waals surface area contributed by atoms with Crippen LogP contribution in [0.2, 0.25) is 0 Å². The second kappa shape index (κ2) is 5.16. The number of nitrogens with two attached hydrogens (primary N) is 1. The van der Waals surface area contributed by atoms with Gasteiger partial charge >= 0.3 is 0 Å². The predicted octanol–water partition coefficient (Wildman–Crippen LogP) is 1.17. The Balaban J connectivity index is 2.34. The molecular formula is C10H18N2OS2. The Hall–Kier alpha value is -0.290. The highest BCUT2D eigenvalue weighted by Crippen LogP contribution is 2.46. The summed E-state index contributed by atoms with van der Waals surface area (Å²) in [5.41, 5.74) is 5.06. The molecule has 1 saturated carbocycles. The third-order valence-electron chi connectivity index (χ3n) is 2.72. The molecule has 1 aliphatic carbocycles. The van der Waals surface area contributed by atoms with Gasteiger partial charge in [-0.15, -0.1) is 0 Å². The van der Waals surface area contributed by atoms with Crippen LogP contribution in [-0.2, 0) is 4.79 Å². The fraction of sp³-hybridized carbons (Fsp3) is 0.800. The van der Waals surface area contributed by atoms with E-state index in [0.29, 0.717) is 17.5 Å². The van der Waals surface area contributed by atoms with Crippen molar-refractivity contribution in [2.45, 2.75) is 19.8 Å². The molecule has 1 atom stereocenters. The van der Waals surface area contributed by atoms with Crippen LogP contribution in [0, 0.1) is 11.3 Å². The van der Waals surface area contributed by atoms with Crippen molar-refractivity contribution in [1.82, 2.24) is 5.32 Å². The lowest BCUT2D eigenvalue weighted by molar-refractivity contribution is -0.124. The lowest BCUT2D eigenvalue weighted by Gasteiger charge is -2.16. The SMILES string of the molecule is CSCC(C)CNC(=O)C1(C(N)=S)CC1. The second-order valence-electron chi connectivity index (χ2n) is 4.22. The van der Waals surface area contributed by atoms with E-state index in [-0.39, 0.29) is 5.91 Å². The number of nitrogens with one attached hydrogen (secondary N) is 1. The Labute approximate surface area is 101 Å². The fourth-order valence-electron chi connectivity index (χ4n) is 1.49. The maximum absolute atomic E-state index is 11.8. The van der Waals surface area contributed by atoms with Gasteiger partial charge < -0.3 is 11.1 Å². The van der Waals surface area contributed by atoms with E-state index in [9.17, 15) is 4.79 Å². The van der Waals surface area contributed by atoms with E-state index >= 15 is 0 Å². The van der Waals surface area contributed by atoms with Crippen molar-refractivity contribution in [2.75, 3.05) is 18.6 Å². The standard InChI is InChI=1S/C10H18N2OS2/c1-7(6-15-2)5-12-9(13)10(3-4-10)8(11)14/h7H,3-6H2,1-2H3,(H2,11,14)(H,12,13). The Kier molecular flexibility index (Phi) is 4.40. The zero-order chi connectivity index (χ0) is 11.5. The Morgan fingerprint density at radius 3 is 2.67 bits per heavy atom. The summed E-state index contributed by atoms with van der Waals surface area (Å²) in [6.07, 6.45) is 3.69. The average molecular weight is 246 g/mol. The molecule has 5 heteroatoms. The number of hydrogen-bond acceptors (Lipinski definition) is 3. The molecule has 0 bridgehead atoms. The summed E-state index contributed by atoms with van der Waals surface area (Å²) in [4.78, 5) is 12.1. The number of carbonyl (C=O) groups is 1. The molecule has 0 aromatic rings. The van der Waals surface area contributed by atoms with Crippen LogP contribution in [0.15, 0.2) is 0 Å². The number of amides is 1. The number of thioether (sulfide) groups is 1. The lowest BCUT2D eigenvalue weighted by atomic mass is 10.1. The van der Waals surface area contributed by atoms with Gasteiger partial charge in [0.1, 0.15) is 0 Å². The van der Waals surface area contributed by atoms with Crippen LogP contribution in [0.25, 0.3) is 0 Å². The normalized spacial score (nSPS) is 19.3. The molecule has 0 radical (unpaired) electrons. The molecule has 1 rings (SSSR count). The van der Waals surface area contributed by atoms with E-state index < -0.39 is 5.41 Å². The third kappa shape index (κ3) is 3.08. The quantitative estimate of drug-likeness (QED) is 0.691. The molecule has 1 amide bonds. The molecule has 0 aromatic heterocycles. The van der Waals surface area contributed by atoms with Crippen molar-refractivity contribution >= 4 is 34.9 Å². The Morgan fingerprint density at radius 1 is 1.67 bits per heavy atom. The molecule has 1 aliphatic rings. The van der Waals surface area contributed by atoms with Gasteiger partial charge in [-0.1, -0.05) is 19.1 Å². The van der Waals surface area contributed by atoms with Crippen LogP contribution < -0.4 is 11.1 Å². The maximum atomic E-state index is 11.8. The van der Waals surface area contributed by atoms with Gasteiger partial charge in [-0.05, 0) is 30.8 Å². The van der Waals surface area contributed by atoms with Gasteiger partial charge in [0.15, 0.2) is 0 Å². The number of rotatable bonds is 6. The summed E-state index contributed by atoms with van der Waals surface area (Å²) < 4.78 is 0. The molecular weight excluding hydrogens is 228 g/mol. The average Bonchev–Trinajstić information content (AvgIpc) is 2.95. The molecule has 1 unspecified atom stereocenters. The minimum atomic E-state index is -0.506. The highest BCUT2D eigenvalue weighted by molar-refractivity contribution is 7.98. The van der Waals surface area contributed by atoms with Gasteiger partial charge in [-0.2, -0.15) is 11.8 Å². The number of hydrogen-bond donors (Lipinski definition) is 2. The summed E-state index contributed by atoms with van der Waals surface area (Å²) in [6.45, 7) is 2.83. The molecule has 86 valence electrons. The van der Waals surface area contributed by atoms with Crippen LogP contribution in [-0.4, -0.2) is 29.4 Å². The summed E-state index contributed by atoms with van der Waals surface area (Å²) >= 11 is 6.70. The topological polar surface area (TPSA) is 55.1 Å². The van der Waals surface area contributed by atoms with Crippen molar-refractivity contribution in [3.8, 4) is 0 Å². The lowest BCUT2D eigenvalue weighted by Crippen LogP contribution is -2.41. The van der Waals surface area contributed by atoms with E-state index in [1.54, 1.807) is 11.8 Å². The summed E-state index contributed by atoms with van der Waals surface area (Å²) in [6, 6.07) is 0. The van der Waals surface area contributed by atoms with Crippen LogP contribution in [0.3, 0.4) is 0 Å². The first-order valence-electron chi connectivity index (χ1n) is 5.10. The molecule has 3 nitrogen and oxygen atoms in total. The molecule has 0 spiro atoms. The zero-order valence-electron chi connectivity index (χ0n) is 9.21. The van der Waals surface area contributed by atoms with E-state index in [0.717, 1.165) is 18.6 Å². The minimum absolute atomic E-state index is 0.0166. The van der Waals surface area contributed by atoms with E-state index in [2.05, 4.69) is 18.5 Å². The van der Waals surface area contributed by atoms with Crippen LogP contribution >= 0.6 is 24.0 Å². The number of carbonyl (C=O) groups excluding carboxylic acids is 1. The first-order valence-corrected chi connectivity index (χ1v) is 6.90. The zero-order valence-corrected chi connectivity index (χ0v) is 10.8. The molecule has 0 saturated heterocycles.